The highest BCUT2D eigenvalue weighted by atomic mass is 16.6. The van der Waals surface area contributed by atoms with Crippen molar-refractivity contribution < 1.29 is 24.7 Å². The molecule has 0 saturated heterocycles. The van der Waals surface area contributed by atoms with Crippen LogP contribution in [0.2, 0.25) is 0 Å². The van der Waals surface area contributed by atoms with Gasteiger partial charge in [-0.25, -0.2) is 9.59 Å². The van der Waals surface area contributed by atoms with E-state index >= 15 is 0 Å². The highest BCUT2D eigenvalue weighted by Gasteiger charge is 2.18. The molecule has 0 aliphatic carbocycles. The topological polar surface area (TPSA) is 118 Å². The third kappa shape index (κ3) is 4.30. The van der Waals surface area contributed by atoms with Crippen molar-refractivity contribution in [2.24, 2.45) is 0 Å². The van der Waals surface area contributed by atoms with Crippen molar-refractivity contribution in [3.8, 4) is 0 Å². The Balaban J connectivity index is 4.66. The molecule has 0 spiro atoms. The number of aliphatic carboxylic acids is 2. The van der Waals surface area contributed by atoms with Gasteiger partial charge in [-0.05, 0) is 6.08 Å². The zero-order valence-corrected chi connectivity index (χ0v) is 6.21. The summed E-state index contributed by atoms with van der Waals surface area (Å²) >= 11 is 0. The first-order valence-electron chi connectivity index (χ1n) is 2.94. The zero-order valence-electron chi connectivity index (χ0n) is 6.21. The molecule has 0 heterocycles. The van der Waals surface area contributed by atoms with Gasteiger partial charge in [0.25, 0.3) is 0 Å². The largest absolute Gasteiger partial charge is 0.478 e. The van der Waals surface area contributed by atoms with Gasteiger partial charge in [0, 0.05) is 12.2 Å². The monoisotopic (exact) mass is 187 g/mol. The highest BCUT2D eigenvalue weighted by Crippen LogP contribution is 1.95. The standard InChI is InChI=1S/C6H5NO6/c8-5(9)3-1-2-4(6(10)11)7(12)13/h1-3H,(H,8,9)(H,10,11)/b3-1+,4-2-. The lowest BCUT2D eigenvalue weighted by molar-refractivity contribution is -0.420. The summed E-state index contributed by atoms with van der Waals surface area (Å²) in [6, 6.07) is 0. The number of carboxylic acids is 2. The van der Waals surface area contributed by atoms with E-state index < -0.39 is 22.6 Å². The van der Waals surface area contributed by atoms with Gasteiger partial charge in [-0.3, -0.25) is 10.1 Å². The molecule has 0 fully saturated rings. The number of carbonyl (C=O) groups is 2. The van der Waals surface area contributed by atoms with Crippen molar-refractivity contribution in [2.45, 2.75) is 0 Å². The van der Waals surface area contributed by atoms with E-state index in [1.807, 2.05) is 0 Å². The Morgan fingerprint density at radius 3 is 2.15 bits per heavy atom. The van der Waals surface area contributed by atoms with Gasteiger partial charge in [0.05, 0.1) is 4.92 Å². The molecule has 0 amide bonds. The van der Waals surface area contributed by atoms with Crippen molar-refractivity contribution in [3.63, 3.8) is 0 Å². The van der Waals surface area contributed by atoms with Gasteiger partial charge >= 0.3 is 17.6 Å². The lowest BCUT2D eigenvalue weighted by Crippen LogP contribution is -2.09. The molecule has 0 bridgehead atoms. The molecule has 7 heteroatoms. The fraction of sp³-hybridized carbons (Fsp3) is 0. The summed E-state index contributed by atoms with van der Waals surface area (Å²) in [5.74, 6) is -3.04. The number of nitro groups is 1. The maximum absolute atomic E-state index is 10.1. The number of allylic oxidation sites excluding steroid dienone is 2. The summed E-state index contributed by atoms with van der Waals surface area (Å²) in [4.78, 5) is 28.9. The van der Waals surface area contributed by atoms with Crippen molar-refractivity contribution in [1.29, 1.82) is 0 Å². The van der Waals surface area contributed by atoms with Crippen LogP contribution in [0, 0.1) is 10.1 Å². The Bertz CT molecular complexity index is 286. The van der Waals surface area contributed by atoms with Gasteiger partial charge in [-0.2, -0.15) is 0 Å². The number of hydrogen-bond donors (Lipinski definition) is 2. The Labute approximate surface area is 71.7 Å². The molecule has 0 unspecified atom stereocenters. The first-order chi connectivity index (χ1) is 5.95. The van der Waals surface area contributed by atoms with E-state index in [0.29, 0.717) is 12.2 Å². The Morgan fingerprint density at radius 1 is 1.31 bits per heavy atom. The van der Waals surface area contributed by atoms with Gasteiger partial charge in [0.1, 0.15) is 0 Å². The summed E-state index contributed by atoms with van der Waals surface area (Å²) < 4.78 is 0. The molecule has 0 aromatic heterocycles. The van der Waals surface area contributed by atoms with E-state index in [1.54, 1.807) is 0 Å². The Hall–Kier alpha value is -2.18. The average molecular weight is 187 g/mol. The molecule has 0 aliphatic heterocycles. The molecule has 7 nitrogen and oxygen atoms in total. The van der Waals surface area contributed by atoms with Crippen molar-refractivity contribution >= 4 is 11.9 Å². The summed E-state index contributed by atoms with van der Waals surface area (Å²) in [5, 5.41) is 26.3. The predicted octanol–water partition coefficient (Wildman–Crippen LogP) is -0.128. The van der Waals surface area contributed by atoms with E-state index in [4.69, 9.17) is 10.2 Å². The second-order valence-corrected chi connectivity index (χ2v) is 1.81. The van der Waals surface area contributed by atoms with Crippen LogP contribution in [0.15, 0.2) is 23.9 Å². The third-order valence-electron chi connectivity index (χ3n) is 0.909. The minimum absolute atomic E-state index is 0.590. The van der Waals surface area contributed by atoms with Crippen LogP contribution in [0.1, 0.15) is 0 Å². The molecule has 0 saturated carbocycles. The number of carboxylic acid groups (broad SMARTS) is 2. The van der Waals surface area contributed by atoms with Crippen LogP contribution in [0.4, 0.5) is 0 Å². The second kappa shape index (κ2) is 4.65. The molecule has 0 aromatic rings. The smallest absolute Gasteiger partial charge is 0.407 e. The zero-order chi connectivity index (χ0) is 10.4. The van der Waals surface area contributed by atoms with Crippen LogP contribution < -0.4 is 0 Å². The molecular formula is C6H5NO6. The number of rotatable bonds is 4. The molecule has 13 heavy (non-hydrogen) atoms. The van der Waals surface area contributed by atoms with E-state index in [2.05, 4.69) is 0 Å². The lowest BCUT2D eigenvalue weighted by atomic mass is 10.4. The van der Waals surface area contributed by atoms with Crippen molar-refractivity contribution in [3.05, 3.63) is 34.0 Å². The van der Waals surface area contributed by atoms with Gasteiger partial charge in [0.2, 0.25) is 0 Å². The third-order valence-corrected chi connectivity index (χ3v) is 0.909. The summed E-state index contributed by atoms with van der Waals surface area (Å²) in [6.07, 6.45) is 1.96. The van der Waals surface area contributed by atoms with Crippen LogP contribution in [0.3, 0.4) is 0 Å². The first kappa shape index (κ1) is 10.8. The minimum atomic E-state index is -1.72. The van der Waals surface area contributed by atoms with E-state index in [9.17, 15) is 19.7 Å². The van der Waals surface area contributed by atoms with E-state index in [0.717, 1.165) is 6.08 Å². The quantitative estimate of drug-likeness (QED) is 0.274. The molecule has 0 aliphatic rings. The first-order valence-corrected chi connectivity index (χ1v) is 2.94. The number of hydrogen-bond acceptors (Lipinski definition) is 4. The van der Waals surface area contributed by atoms with Crippen molar-refractivity contribution in [2.75, 3.05) is 0 Å². The van der Waals surface area contributed by atoms with Gasteiger partial charge in [0.15, 0.2) is 0 Å². The summed E-state index contributed by atoms with van der Waals surface area (Å²) in [6.45, 7) is 0. The van der Waals surface area contributed by atoms with E-state index in [-0.39, 0.29) is 0 Å². The molecule has 0 radical (unpaired) electrons. The van der Waals surface area contributed by atoms with Crippen LogP contribution >= 0.6 is 0 Å². The van der Waals surface area contributed by atoms with Crippen molar-refractivity contribution in [1.82, 2.24) is 0 Å². The normalized spacial score (nSPS) is 11.5. The molecule has 0 atom stereocenters. The SMILES string of the molecule is O=C(O)/C=C/C=C(/C(=O)O)[N+](=O)[O-]. The summed E-state index contributed by atoms with van der Waals surface area (Å²) in [7, 11) is 0. The molecule has 70 valence electrons. The molecule has 0 rings (SSSR count). The second-order valence-electron chi connectivity index (χ2n) is 1.81. The maximum Gasteiger partial charge on any atom is 0.407 e. The lowest BCUT2D eigenvalue weighted by Gasteiger charge is -1.87. The fourth-order valence-electron chi connectivity index (χ4n) is 0.432. The molecular weight excluding hydrogens is 182 g/mol. The predicted molar refractivity (Wildman–Crippen MR) is 39.5 cm³/mol. The minimum Gasteiger partial charge on any atom is -0.478 e. The number of nitrogens with zero attached hydrogens (tertiary/aromatic N) is 1. The average Bonchev–Trinajstić information content (AvgIpc) is 1.95. The Morgan fingerprint density at radius 2 is 1.85 bits per heavy atom. The molecule has 0 aromatic carbocycles. The van der Waals surface area contributed by atoms with Crippen LogP contribution in [-0.2, 0) is 9.59 Å². The van der Waals surface area contributed by atoms with E-state index in [1.165, 1.54) is 0 Å². The van der Waals surface area contributed by atoms with Gasteiger partial charge in [-0.1, -0.05) is 0 Å². The van der Waals surface area contributed by atoms with Crippen LogP contribution in [0.5, 0.6) is 0 Å². The molecule has 2 N–H and O–H groups in total. The van der Waals surface area contributed by atoms with Gasteiger partial charge < -0.3 is 10.2 Å². The summed E-state index contributed by atoms with van der Waals surface area (Å²) in [5.41, 5.74) is -1.09. The Kier molecular flexibility index (Phi) is 3.87. The van der Waals surface area contributed by atoms with Gasteiger partial charge in [-0.15, -0.1) is 0 Å². The fourth-order valence-corrected chi connectivity index (χ4v) is 0.432. The van der Waals surface area contributed by atoms with Crippen LogP contribution in [0.25, 0.3) is 0 Å². The highest BCUT2D eigenvalue weighted by molar-refractivity contribution is 5.85. The maximum atomic E-state index is 10.1. The van der Waals surface area contributed by atoms with Crippen LogP contribution in [-0.4, -0.2) is 27.1 Å².